The summed E-state index contributed by atoms with van der Waals surface area (Å²) in [6.07, 6.45) is 1.82. The molecule has 1 unspecified atom stereocenters. The van der Waals surface area contributed by atoms with E-state index >= 15 is 0 Å². The van der Waals surface area contributed by atoms with Crippen molar-refractivity contribution in [2.24, 2.45) is 0 Å². The van der Waals surface area contributed by atoms with Gasteiger partial charge in [-0.3, -0.25) is 4.79 Å². The molecule has 0 radical (unpaired) electrons. The van der Waals surface area contributed by atoms with Gasteiger partial charge in [-0.25, -0.2) is 21.9 Å². The van der Waals surface area contributed by atoms with E-state index < -0.39 is 33.1 Å². The van der Waals surface area contributed by atoms with Crippen LogP contribution in [0.2, 0.25) is 0 Å². The highest BCUT2D eigenvalue weighted by atomic mass is 32.2. The van der Waals surface area contributed by atoms with Crippen molar-refractivity contribution in [1.82, 2.24) is 9.62 Å². The first-order valence-electron chi connectivity index (χ1n) is 7.38. The van der Waals surface area contributed by atoms with Crippen LogP contribution in [0.25, 0.3) is 0 Å². The molecular weight excluding hydrogens is 342 g/mol. The Morgan fingerprint density at radius 2 is 2.12 bits per heavy atom. The lowest BCUT2D eigenvalue weighted by Gasteiger charge is -2.29. The molecule has 0 bridgehead atoms. The first kappa shape index (κ1) is 18.8. The first-order valence-corrected chi connectivity index (χ1v) is 9.27. The third-order valence-electron chi connectivity index (χ3n) is 3.99. The number of carbonyl (C=O) groups is 1. The zero-order chi connectivity index (χ0) is 18.0. The normalized spacial score (nSPS) is 21.2. The van der Waals surface area contributed by atoms with Crippen LogP contribution < -0.4 is 4.72 Å². The molecule has 1 saturated heterocycles. The molecule has 1 aromatic rings. The van der Waals surface area contributed by atoms with E-state index in [1.54, 1.807) is 0 Å². The fourth-order valence-electron chi connectivity index (χ4n) is 2.91. The number of amides is 1. The largest absolute Gasteiger partial charge is 0.385 e. The Bertz CT molecular complexity index is 726. The van der Waals surface area contributed by atoms with Crippen LogP contribution in [0.4, 0.5) is 8.78 Å². The molecule has 2 rings (SSSR count). The summed E-state index contributed by atoms with van der Waals surface area (Å²) in [5.74, 6) is -2.30. The third kappa shape index (κ3) is 4.49. The smallest absolute Gasteiger partial charge is 0.256 e. The average molecular weight is 362 g/mol. The van der Waals surface area contributed by atoms with Crippen molar-refractivity contribution >= 4 is 15.9 Å². The third-order valence-corrected chi connectivity index (χ3v) is 4.79. The van der Waals surface area contributed by atoms with Gasteiger partial charge >= 0.3 is 0 Å². The molecule has 1 aromatic carbocycles. The van der Waals surface area contributed by atoms with Crippen LogP contribution in [0.15, 0.2) is 18.2 Å². The van der Waals surface area contributed by atoms with Gasteiger partial charge in [-0.05, 0) is 25.0 Å². The van der Waals surface area contributed by atoms with Gasteiger partial charge in [0.25, 0.3) is 5.91 Å². The quantitative estimate of drug-likeness (QED) is 0.823. The Balaban J connectivity index is 2.20. The van der Waals surface area contributed by atoms with E-state index in [1.165, 1.54) is 12.0 Å². The minimum Gasteiger partial charge on any atom is -0.385 e. The molecule has 9 heteroatoms. The first-order chi connectivity index (χ1) is 11.2. The van der Waals surface area contributed by atoms with Gasteiger partial charge < -0.3 is 9.64 Å². The number of carbonyl (C=O) groups excluding carboxylic acids is 1. The number of ether oxygens (including phenoxy) is 1. The minimum atomic E-state index is -3.49. The lowest BCUT2D eigenvalue weighted by Crippen LogP contribution is -2.51. The van der Waals surface area contributed by atoms with E-state index in [9.17, 15) is 22.0 Å². The Kier molecular flexibility index (Phi) is 5.56. The van der Waals surface area contributed by atoms with Gasteiger partial charge in [0.2, 0.25) is 10.0 Å². The molecule has 1 atom stereocenters. The SMILES string of the molecule is COCCC1(NS(C)(=O)=O)CCN(C(=O)c2ccc(F)cc2F)C1. The second-order valence-electron chi connectivity index (χ2n) is 6.00. The summed E-state index contributed by atoms with van der Waals surface area (Å²) in [6, 6.07) is 2.75. The summed E-state index contributed by atoms with van der Waals surface area (Å²) in [7, 11) is -1.99. The highest BCUT2D eigenvalue weighted by molar-refractivity contribution is 7.88. The number of methoxy groups -OCH3 is 1. The Morgan fingerprint density at radius 1 is 1.42 bits per heavy atom. The standard InChI is InChI=1S/C15H20F2N2O4S/c1-23-8-6-15(18-24(2,21)22)5-7-19(10-15)14(20)12-4-3-11(16)9-13(12)17/h3-4,9,18H,5-8,10H2,1-2H3. The molecule has 0 aliphatic carbocycles. The number of nitrogens with zero attached hydrogens (tertiary/aromatic N) is 1. The molecule has 1 aliphatic rings. The molecule has 0 spiro atoms. The van der Waals surface area contributed by atoms with E-state index in [-0.39, 0.29) is 18.7 Å². The fourth-order valence-corrected chi connectivity index (χ4v) is 3.96. The van der Waals surface area contributed by atoms with E-state index in [4.69, 9.17) is 4.74 Å². The molecule has 0 saturated carbocycles. The number of sulfonamides is 1. The van der Waals surface area contributed by atoms with Gasteiger partial charge in [-0.15, -0.1) is 0 Å². The van der Waals surface area contributed by atoms with Gasteiger partial charge in [-0.1, -0.05) is 0 Å². The van der Waals surface area contributed by atoms with Gasteiger partial charge in [0.1, 0.15) is 11.6 Å². The summed E-state index contributed by atoms with van der Waals surface area (Å²) in [5.41, 5.74) is -1.09. The second-order valence-corrected chi connectivity index (χ2v) is 7.75. The van der Waals surface area contributed by atoms with Crippen LogP contribution >= 0.6 is 0 Å². The van der Waals surface area contributed by atoms with Crippen molar-refractivity contribution in [3.05, 3.63) is 35.4 Å². The molecule has 0 aromatic heterocycles. The van der Waals surface area contributed by atoms with E-state index in [2.05, 4.69) is 4.72 Å². The molecule has 1 heterocycles. The predicted molar refractivity (Wildman–Crippen MR) is 84.1 cm³/mol. The maximum atomic E-state index is 13.8. The number of hydrogen-bond donors (Lipinski definition) is 1. The van der Waals surface area contributed by atoms with Crippen LogP contribution in [0.3, 0.4) is 0 Å². The highest BCUT2D eigenvalue weighted by Crippen LogP contribution is 2.27. The Hall–Kier alpha value is -1.58. The number of hydrogen-bond acceptors (Lipinski definition) is 4. The van der Waals surface area contributed by atoms with Crippen molar-refractivity contribution in [3.8, 4) is 0 Å². The number of halogens is 2. The highest BCUT2D eigenvalue weighted by Gasteiger charge is 2.42. The molecular formula is C15H20F2N2O4S. The van der Waals surface area contributed by atoms with E-state index in [0.29, 0.717) is 25.5 Å². The lowest BCUT2D eigenvalue weighted by molar-refractivity contribution is 0.0770. The monoisotopic (exact) mass is 362 g/mol. The van der Waals surface area contributed by atoms with Crippen molar-refractivity contribution < 1.29 is 26.7 Å². The van der Waals surface area contributed by atoms with E-state index in [0.717, 1.165) is 18.4 Å². The number of nitrogens with one attached hydrogen (secondary N) is 1. The topological polar surface area (TPSA) is 75.7 Å². The maximum absolute atomic E-state index is 13.8. The van der Waals surface area contributed by atoms with Crippen molar-refractivity contribution in [3.63, 3.8) is 0 Å². The van der Waals surface area contributed by atoms with Crippen LogP contribution in [0, 0.1) is 11.6 Å². The summed E-state index contributed by atoms with van der Waals surface area (Å²) in [5, 5.41) is 0. The second kappa shape index (κ2) is 7.12. The van der Waals surface area contributed by atoms with Crippen molar-refractivity contribution in [2.75, 3.05) is 33.1 Å². The summed E-state index contributed by atoms with van der Waals surface area (Å²) in [4.78, 5) is 13.8. The van der Waals surface area contributed by atoms with Crippen molar-refractivity contribution in [1.29, 1.82) is 0 Å². The van der Waals surface area contributed by atoms with Crippen LogP contribution in [-0.2, 0) is 14.8 Å². The lowest BCUT2D eigenvalue weighted by atomic mass is 9.96. The molecule has 1 fully saturated rings. The minimum absolute atomic E-state index is 0.0963. The Labute approximate surface area is 139 Å². The van der Waals surface area contributed by atoms with Crippen LogP contribution in [0.1, 0.15) is 23.2 Å². The molecule has 1 N–H and O–H groups in total. The number of rotatable bonds is 6. The molecule has 1 amide bonds. The summed E-state index contributed by atoms with van der Waals surface area (Å²) in [6.45, 7) is 0.677. The Morgan fingerprint density at radius 3 is 2.71 bits per heavy atom. The molecule has 24 heavy (non-hydrogen) atoms. The van der Waals surface area contributed by atoms with Gasteiger partial charge in [0, 0.05) is 32.9 Å². The number of benzene rings is 1. The summed E-state index contributed by atoms with van der Waals surface area (Å²) < 4.78 is 57.6. The zero-order valence-electron chi connectivity index (χ0n) is 13.5. The fraction of sp³-hybridized carbons (Fsp3) is 0.533. The molecule has 134 valence electrons. The van der Waals surface area contributed by atoms with Gasteiger partial charge in [0.15, 0.2) is 0 Å². The zero-order valence-corrected chi connectivity index (χ0v) is 14.3. The predicted octanol–water partition coefficient (Wildman–Crippen LogP) is 1.14. The summed E-state index contributed by atoms with van der Waals surface area (Å²) >= 11 is 0. The molecule has 6 nitrogen and oxygen atoms in total. The average Bonchev–Trinajstić information content (AvgIpc) is 2.87. The number of likely N-dealkylation sites (tertiary alicyclic amines) is 1. The van der Waals surface area contributed by atoms with Crippen LogP contribution in [-0.4, -0.2) is 57.8 Å². The van der Waals surface area contributed by atoms with Gasteiger partial charge in [0.05, 0.1) is 17.4 Å². The van der Waals surface area contributed by atoms with Crippen LogP contribution in [0.5, 0.6) is 0 Å². The van der Waals surface area contributed by atoms with Gasteiger partial charge in [-0.2, -0.15) is 0 Å². The van der Waals surface area contributed by atoms with E-state index in [1.807, 2.05) is 0 Å². The molecule has 1 aliphatic heterocycles. The maximum Gasteiger partial charge on any atom is 0.256 e. The van der Waals surface area contributed by atoms with Crippen molar-refractivity contribution in [2.45, 2.75) is 18.4 Å².